The lowest BCUT2D eigenvalue weighted by molar-refractivity contribution is 0.102. The molecular weight excluding hydrogens is 310 g/mol. The molecular formula is C22H21NO2. The van der Waals surface area contributed by atoms with Crippen LogP contribution in [0.1, 0.15) is 27.0 Å². The lowest BCUT2D eigenvalue weighted by Crippen LogP contribution is -2.12. The third-order valence-corrected chi connectivity index (χ3v) is 3.97. The maximum atomic E-state index is 12.4. The van der Waals surface area contributed by atoms with Crippen molar-refractivity contribution < 1.29 is 9.53 Å². The Hall–Kier alpha value is -3.07. The number of rotatable bonds is 4. The first-order valence-corrected chi connectivity index (χ1v) is 8.24. The van der Waals surface area contributed by atoms with Crippen LogP contribution in [-0.2, 0) is 0 Å². The molecule has 25 heavy (non-hydrogen) atoms. The highest BCUT2D eigenvalue weighted by Crippen LogP contribution is 2.23. The minimum absolute atomic E-state index is 0.131. The molecule has 1 amide bonds. The summed E-state index contributed by atoms with van der Waals surface area (Å²) >= 11 is 0. The fourth-order valence-corrected chi connectivity index (χ4v) is 2.64. The Balaban J connectivity index is 1.70. The average Bonchev–Trinajstić information content (AvgIpc) is 2.58. The second-order valence-electron chi connectivity index (χ2n) is 6.22. The lowest BCUT2D eigenvalue weighted by Gasteiger charge is -2.10. The first-order valence-electron chi connectivity index (χ1n) is 8.24. The third kappa shape index (κ3) is 4.27. The van der Waals surface area contributed by atoms with E-state index in [4.69, 9.17) is 4.74 Å². The summed E-state index contributed by atoms with van der Waals surface area (Å²) in [6.07, 6.45) is 0. The van der Waals surface area contributed by atoms with Gasteiger partial charge in [-0.3, -0.25) is 4.79 Å². The van der Waals surface area contributed by atoms with Gasteiger partial charge in [-0.15, -0.1) is 0 Å². The van der Waals surface area contributed by atoms with Gasteiger partial charge in [0.1, 0.15) is 11.5 Å². The first-order chi connectivity index (χ1) is 12.0. The average molecular weight is 331 g/mol. The largest absolute Gasteiger partial charge is 0.457 e. The molecule has 0 saturated heterocycles. The number of ether oxygens (including phenoxy) is 1. The number of hydrogen-bond donors (Lipinski definition) is 1. The number of hydrogen-bond acceptors (Lipinski definition) is 2. The maximum absolute atomic E-state index is 12.4. The molecule has 1 N–H and O–H groups in total. The smallest absolute Gasteiger partial charge is 0.255 e. The molecule has 0 spiro atoms. The molecule has 0 radical (unpaired) electrons. The van der Waals surface area contributed by atoms with Crippen LogP contribution in [0.25, 0.3) is 0 Å². The highest BCUT2D eigenvalue weighted by atomic mass is 16.5. The van der Waals surface area contributed by atoms with Gasteiger partial charge in [0.15, 0.2) is 0 Å². The van der Waals surface area contributed by atoms with E-state index < -0.39 is 0 Å². The van der Waals surface area contributed by atoms with Crippen molar-refractivity contribution in [3.8, 4) is 11.5 Å². The molecule has 0 atom stereocenters. The van der Waals surface area contributed by atoms with Crippen molar-refractivity contribution in [2.45, 2.75) is 20.8 Å². The summed E-state index contributed by atoms with van der Waals surface area (Å²) in [5.41, 5.74) is 4.79. The Kier molecular flexibility index (Phi) is 4.85. The fraction of sp³-hybridized carbons (Fsp3) is 0.136. The van der Waals surface area contributed by atoms with Crippen LogP contribution in [0.15, 0.2) is 66.7 Å². The highest BCUT2D eigenvalue weighted by Gasteiger charge is 2.08. The summed E-state index contributed by atoms with van der Waals surface area (Å²) in [4.78, 5) is 12.4. The van der Waals surface area contributed by atoms with Crippen molar-refractivity contribution in [2.75, 3.05) is 5.32 Å². The van der Waals surface area contributed by atoms with Crippen molar-refractivity contribution in [3.05, 3.63) is 89.0 Å². The summed E-state index contributed by atoms with van der Waals surface area (Å²) in [6.45, 7) is 6.04. The lowest BCUT2D eigenvalue weighted by atomic mass is 10.1. The second kappa shape index (κ2) is 7.22. The SMILES string of the molecule is Cc1cccc(Oc2ccc(C(=O)Nc3ccc(C)cc3C)cc2)c1. The van der Waals surface area contributed by atoms with Crippen LogP contribution in [0, 0.1) is 20.8 Å². The third-order valence-electron chi connectivity index (χ3n) is 3.97. The van der Waals surface area contributed by atoms with E-state index in [9.17, 15) is 4.79 Å². The first kappa shape index (κ1) is 16.8. The molecule has 0 fully saturated rings. The summed E-state index contributed by atoms with van der Waals surface area (Å²) in [5, 5.41) is 2.95. The topological polar surface area (TPSA) is 38.3 Å². The second-order valence-corrected chi connectivity index (χ2v) is 6.22. The fourth-order valence-electron chi connectivity index (χ4n) is 2.64. The molecule has 3 aromatic rings. The van der Waals surface area contributed by atoms with Gasteiger partial charge in [0.05, 0.1) is 0 Å². The summed E-state index contributed by atoms with van der Waals surface area (Å²) in [5.74, 6) is 1.36. The molecule has 0 heterocycles. The highest BCUT2D eigenvalue weighted by molar-refractivity contribution is 6.04. The molecule has 0 aromatic heterocycles. The normalized spacial score (nSPS) is 10.4. The predicted octanol–water partition coefficient (Wildman–Crippen LogP) is 5.66. The number of nitrogens with one attached hydrogen (secondary N) is 1. The molecule has 3 rings (SSSR count). The van der Waals surface area contributed by atoms with Crippen molar-refractivity contribution in [1.82, 2.24) is 0 Å². The number of aryl methyl sites for hydroxylation is 3. The van der Waals surface area contributed by atoms with Crippen molar-refractivity contribution in [2.24, 2.45) is 0 Å². The standard InChI is InChI=1S/C22H21NO2/c1-15-5-4-6-20(14-15)25-19-10-8-18(9-11-19)22(24)23-21-12-7-16(2)13-17(21)3/h4-14H,1-3H3,(H,23,24). The van der Waals surface area contributed by atoms with Crippen LogP contribution in [0.2, 0.25) is 0 Å². The van der Waals surface area contributed by atoms with Crippen LogP contribution in [0.3, 0.4) is 0 Å². The quantitative estimate of drug-likeness (QED) is 0.670. The Morgan fingerprint density at radius 1 is 0.800 bits per heavy atom. The van der Waals surface area contributed by atoms with Crippen molar-refractivity contribution in [3.63, 3.8) is 0 Å². The molecule has 3 heteroatoms. The van der Waals surface area contributed by atoms with E-state index in [-0.39, 0.29) is 5.91 Å². The number of carbonyl (C=O) groups excluding carboxylic acids is 1. The van der Waals surface area contributed by atoms with E-state index in [0.717, 1.165) is 22.6 Å². The van der Waals surface area contributed by atoms with Crippen LogP contribution in [-0.4, -0.2) is 5.91 Å². The Bertz CT molecular complexity index is 898. The van der Waals surface area contributed by atoms with Gasteiger partial charge in [-0.2, -0.15) is 0 Å². The van der Waals surface area contributed by atoms with Gasteiger partial charge in [0, 0.05) is 11.3 Å². The molecule has 0 bridgehead atoms. The van der Waals surface area contributed by atoms with Gasteiger partial charge in [-0.05, 0) is 74.4 Å². The minimum Gasteiger partial charge on any atom is -0.457 e. The molecule has 0 aliphatic heterocycles. The van der Waals surface area contributed by atoms with Gasteiger partial charge >= 0.3 is 0 Å². The van der Waals surface area contributed by atoms with Crippen LogP contribution < -0.4 is 10.1 Å². The molecule has 0 aliphatic rings. The van der Waals surface area contributed by atoms with E-state index in [1.54, 1.807) is 24.3 Å². The molecule has 126 valence electrons. The van der Waals surface area contributed by atoms with Crippen LogP contribution in [0.5, 0.6) is 11.5 Å². The van der Waals surface area contributed by atoms with Gasteiger partial charge in [0.25, 0.3) is 5.91 Å². The van der Waals surface area contributed by atoms with Crippen LogP contribution >= 0.6 is 0 Å². The monoisotopic (exact) mass is 331 g/mol. The molecule has 0 unspecified atom stereocenters. The van der Waals surface area contributed by atoms with E-state index in [0.29, 0.717) is 11.3 Å². The minimum atomic E-state index is -0.131. The number of amides is 1. The van der Waals surface area contributed by atoms with E-state index in [2.05, 4.69) is 5.32 Å². The summed E-state index contributed by atoms with van der Waals surface area (Å²) in [6, 6.07) is 21.0. The van der Waals surface area contributed by atoms with Gasteiger partial charge in [-0.25, -0.2) is 0 Å². The summed E-state index contributed by atoms with van der Waals surface area (Å²) in [7, 11) is 0. The van der Waals surface area contributed by atoms with Gasteiger partial charge < -0.3 is 10.1 Å². The predicted molar refractivity (Wildman–Crippen MR) is 102 cm³/mol. The van der Waals surface area contributed by atoms with Gasteiger partial charge in [-0.1, -0.05) is 29.8 Å². The zero-order valence-corrected chi connectivity index (χ0v) is 14.7. The van der Waals surface area contributed by atoms with Crippen molar-refractivity contribution in [1.29, 1.82) is 0 Å². The Labute approximate surface area is 148 Å². The van der Waals surface area contributed by atoms with Gasteiger partial charge in [0.2, 0.25) is 0 Å². The molecule has 0 saturated carbocycles. The summed E-state index contributed by atoms with van der Waals surface area (Å²) < 4.78 is 5.81. The van der Waals surface area contributed by atoms with Crippen molar-refractivity contribution >= 4 is 11.6 Å². The zero-order valence-electron chi connectivity index (χ0n) is 14.7. The Morgan fingerprint density at radius 2 is 1.52 bits per heavy atom. The molecule has 0 aliphatic carbocycles. The van der Waals surface area contributed by atoms with Crippen LogP contribution in [0.4, 0.5) is 5.69 Å². The Morgan fingerprint density at radius 3 is 2.20 bits per heavy atom. The molecule has 3 aromatic carbocycles. The molecule has 3 nitrogen and oxygen atoms in total. The van der Waals surface area contributed by atoms with E-state index >= 15 is 0 Å². The maximum Gasteiger partial charge on any atom is 0.255 e. The number of anilines is 1. The van der Waals surface area contributed by atoms with E-state index in [1.165, 1.54) is 5.56 Å². The number of benzene rings is 3. The number of carbonyl (C=O) groups is 1. The zero-order chi connectivity index (χ0) is 17.8. The van der Waals surface area contributed by atoms with E-state index in [1.807, 2.05) is 63.2 Å².